The Balaban J connectivity index is 1.78. The average molecular weight is 428 g/mol. The van der Waals surface area contributed by atoms with E-state index in [0.717, 1.165) is 28.4 Å². The number of aromatic nitrogens is 2. The molecule has 4 rings (SSSR count). The molecule has 7 heteroatoms. The van der Waals surface area contributed by atoms with Gasteiger partial charge in [-0.15, -0.1) is 0 Å². The third kappa shape index (κ3) is 4.13. The first-order chi connectivity index (χ1) is 15.3. The first-order valence-corrected chi connectivity index (χ1v) is 9.97. The molecule has 0 aliphatic heterocycles. The molecule has 1 heterocycles. The summed E-state index contributed by atoms with van der Waals surface area (Å²) < 4.78 is 15.4. The van der Waals surface area contributed by atoms with Gasteiger partial charge in [-0.1, -0.05) is 42.0 Å². The Morgan fingerprint density at radius 3 is 2.41 bits per heavy atom. The van der Waals surface area contributed by atoms with Crippen molar-refractivity contribution in [2.45, 2.75) is 13.8 Å². The number of amides is 2. The highest BCUT2D eigenvalue weighted by atomic mass is 19.1. The van der Waals surface area contributed by atoms with E-state index in [4.69, 9.17) is 5.73 Å². The molecule has 3 aromatic carbocycles. The van der Waals surface area contributed by atoms with E-state index in [1.165, 1.54) is 12.1 Å². The zero-order valence-electron chi connectivity index (χ0n) is 17.6. The zero-order valence-corrected chi connectivity index (χ0v) is 17.6. The summed E-state index contributed by atoms with van der Waals surface area (Å²) in [6.07, 6.45) is 1.65. The smallest absolute Gasteiger partial charge is 0.259 e. The van der Waals surface area contributed by atoms with E-state index >= 15 is 0 Å². The third-order valence-electron chi connectivity index (χ3n) is 5.11. The summed E-state index contributed by atoms with van der Waals surface area (Å²) in [6.45, 7) is 3.96. The van der Waals surface area contributed by atoms with E-state index in [1.807, 2.05) is 62.4 Å². The van der Waals surface area contributed by atoms with Crippen LogP contribution in [-0.4, -0.2) is 21.6 Å². The van der Waals surface area contributed by atoms with Crippen molar-refractivity contribution in [3.8, 4) is 16.9 Å². The molecule has 0 aliphatic carbocycles. The molecule has 0 saturated carbocycles. The Morgan fingerprint density at radius 1 is 0.969 bits per heavy atom. The van der Waals surface area contributed by atoms with Gasteiger partial charge < -0.3 is 11.1 Å². The molecule has 0 aliphatic rings. The van der Waals surface area contributed by atoms with Crippen LogP contribution in [0.4, 0.5) is 10.1 Å². The van der Waals surface area contributed by atoms with Gasteiger partial charge in [-0.3, -0.25) is 9.59 Å². The number of carbonyl (C=O) groups is 2. The molecular formula is C25H21FN4O2. The Kier molecular flexibility index (Phi) is 5.55. The Labute approximate surface area is 184 Å². The number of nitrogens with one attached hydrogen (secondary N) is 1. The number of nitrogens with two attached hydrogens (primary N) is 1. The molecule has 0 spiro atoms. The lowest BCUT2D eigenvalue weighted by atomic mass is 10.0. The second kappa shape index (κ2) is 8.47. The van der Waals surface area contributed by atoms with Crippen LogP contribution in [0, 0.1) is 19.7 Å². The van der Waals surface area contributed by atoms with Gasteiger partial charge >= 0.3 is 0 Å². The third-order valence-corrected chi connectivity index (χ3v) is 5.11. The fourth-order valence-electron chi connectivity index (χ4n) is 3.52. The van der Waals surface area contributed by atoms with Crippen molar-refractivity contribution in [3.63, 3.8) is 0 Å². The normalized spacial score (nSPS) is 10.7. The maximum absolute atomic E-state index is 13.8. The van der Waals surface area contributed by atoms with Crippen LogP contribution in [0.1, 0.15) is 31.8 Å². The van der Waals surface area contributed by atoms with Gasteiger partial charge in [0.1, 0.15) is 11.5 Å². The quantitative estimate of drug-likeness (QED) is 0.485. The molecule has 0 fully saturated rings. The number of hydrogen-bond donors (Lipinski definition) is 2. The van der Waals surface area contributed by atoms with Crippen molar-refractivity contribution in [3.05, 3.63) is 101 Å². The monoisotopic (exact) mass is 428 g/mol. The lowest BCUT2D eigenvalue weighted by molar-refractivity contribution is 0.0992. The first-order valence-electron chi connectivity index (χ1n) is 9.97. The van der Waals surface area contributed by atoms with E-state index in [1.54, 1.807) is 10.9 Å². The van der Waals surface area contributed by atoms with Crippen LogP contribution in [-0.2, 0) is 0 Å². The number of carbonyl (C=O) groups excluding carboxylic acids is 2. The molecule has 3 N–H and O–H groups in total. The maximum atomic E-state index is 13.8. The van der Waals surface area contributed by atoms with Crippen molar-refractivity contribution in [1.29, 1.82) is 0 Å². The standard InChI is InChI=1S/C25H21FN4O2/c1-15-8-10-19(16(2)12-15)23-21(14-30(29-23)18-6-4-3-5-7-18)25(32)28-17-9-11-22(26)20(13-17)24(27)31/h3-14H,1-2H3,(H2,27,31)(H,28,32). The number of hydrogen-bond acceptors (Lipinski definition) is 3. The summed E-state index contributed by atoms with van der Waals surface area (Å²) in [5.74, 6) is -2.10. The second-order valence-electron chi connectivity index (χ2n) is 7.50. The number of anilines is 1. The van der Waals surface area contributed by atoms with Crippen molar-refractivity contribution >= 4 is 17.5 Å². The van der Waals surface area contributed by atoms with E-state index in [-0.39, 0.29) is 11.3 Å². The number of nitrogens with zero attached hydrogens (tertiary/aromatic N) is 2. The summed E-state index contributed by atoms with van der Waals surface area (Å²) in [5, 5.41) is 7.41. The van der Waals surface area contributed by atoms with Crippen LogP contribution >= 0.6 is 0 Å². The number of primary amides is 1. The fraction of sp³-hybridized carbons (Fsp3) is 0.0800. The molecule has 0 saturated heterocycles. The fourth-order valence-corrected chi connectivity index (χ4v) is 3.52. The Morgan fingerprint density at radius 2 is 1.72 bits per heavy atom. The Bertz CT molecular complexity index is 1330. The Hall–Kier alpha value is -4.26. The van der Waals surface area contributed by atoms with Crippen LogP contribution in [0.15, 0.2) is 72.9 Å². The van der Waals surface area contributed by atoms with Crippen molar-refractivity contribution in [2.75, 3.05) is 5.32 Å². The van der Waals surface area contributed by atoms with Gasteiger partial charge in [0.2, 0.25) is 0 Å². The number of benzene rings is 3. The SMILES string of the molecule is Cc1ccc(-c2nn(-c3ccccc3)cc2C(=O)Nc2ccc(F)c(C(N)=O)c2)c(C)c1. The minimum atomic E-state index is -0.911. The van der Waals surface area contributed by atoms with Crippen LogP contribution in [0.3, 0.4) is 0 Å². The topological polar surface area (TPSA) is 90.0 Å². The highest BCUT2D eigenvalue weighted by Crippen LogP contribution is 2.28. The van der Waals surface area contributed by atoms with E-state index < -0.39 is 17.6 Å². The average Bonchev–Trinajstić information content (AvgIpc) is 3.21. The summed E-state index contributed by atoms with van der Waals surface area (Å²) in [7, 11) is 0. The number of halogens is 1. The first kappa shape index (κ1) is 21.0. The van der Waals surface area contributed by atoms with Crippen LogP contribution in [0.2, 0.25) is 0 Å². The summed E-state index contributed by atoms with van der Waals surface area (Å²) in [5.41, 5.74) is 9.74. The molecule has 4 aromatic rings. The van der Waals surface area contributed by atoms with E-state index in [0.29, 0.717) is 11.3 Å². The predicted octanol–water partition coefficient (Wildman–Crippen LogP) is 4.65. The predicted molar refractivity (Wildman–Crippen MR) is 121 cm³/mol. The van der Waals surface area contributed by atoms with Gasteiger partial charge in [0.15, 0.2) is 0 Å². The van der Waals surface area contributed by atoms with Gasteiger partial charge in [0.25, 0.3) is 11.8 Å². The van der Waals surface area contributed by atoms with Crippen LogP contribution in [0.5, 0.6) is 0 Å². The molecule has 1 aromatic heterocycles. The molecule has 160 valence electrons. The molecule has 0 unspecified atom stereocenters. The summed E-state index contributed by atoms with van der Waals surface area (Å²) in [4.78, 5) is 24.7. The minimum Gasteiger partial charge on any atom is -0.366 e. The van der Waals surface area contributed by atoms with Gasteiger partial charge in [0, 0.05) is 17.4 Å². The van der Waals surface area contributed by atoms with E-state index in [9.17, 15) is 14.0 Å². The molecule has 0 atom stereocenters. The highest BCUT2D eigenvalue weighted by molar-refractivity contribution is 6.08. The number of aryl methyl sites for hydroxylation is 2. The summed E-state index contributed by atoms with van der Waals surface area (Å²) in [6, 6.07) is 19.1. The minimum absolute atomic E-state index is 0.254. The van der Waals surface area contributed by atoms with Crippen molar-refractivity contribution in [2.24, 2.45) is 5.73 Å². The lowest BCUT2D eigenvalue weighted by Crippen LogP contribution is -2.16. The number of rotatable bonds is 5. The van der Waals surface area contributed by atoms with Gasteiger partial charge in [0.05, 0.1) is 16.8 Å². The van der Waals surface area contributed by atoms with Gasteiger partial charge in [-0.2, -0.15) is 5.10 Å². The zero-order chi connectivity index (χ0) is 22.8. The molecule has 0 bridgehead atoms. The van der Waals surface area contributed by atoms with Crippen LogP contribution in [0.25, 0.3) is 16.9 Å². The van der Waals surface area contributed by atoms with Crippen LogP contribution < -0.4 is 11.1 Å². The van der Waals surface area contributed by atoms with E-state index in [2.05, 4.69) is 10.4 Å². The van der Waals surface area contributed by atoms with Gasteiger partial charge in [-0.25, -0.2) is 9.07 Å². The molecule has 2 amide bonds. The summed E-state index contributed by atoms with van der Waals surface area (Å²) >= 11 is 0. The number of para-hydroxylation sites is 1. The highest BCUT2D eigenvalue weighted by Gasteiger charge is 2.21. The van der Waals surface area contributed by atoms with Crippen molar-refractivity contribution < 1.29 is 14.0 Å². The lowest BCUT2D eigenvalue weighted by Gasteiger charge is -2.09. The van der Waals surface area contributed by atoms with Gasteiger partial charge in [-0.05, 0) is 49.7 Å². The second-order valence-corrected chi connectivity index (χ2v) is 7.50. The molecule has 0 radical (unpaired) electrons. The molecule has 6 nitrogen and oxygen atoms in total. The maximum Gasteiger partial charge on any atom is 0.259 e. The molecular weight excluding hydrogens is 407 g/mol. The molecule has 32 heavy (non-hydrogen) atoms. The van der Waals surface area contributed by atoms with Crippen molar-refractivity contribution in [1.82, 2.24) is 9.78 Å². The largest absolute Gasteiger partial charge is 0.366 e.